The van der Waals surface area contributed by atoms with Gasteiger partial charge < -0.3 is 10.6 Å². The van der Waals surface area contributed by atoms with Crippen molar-refractivity contribution in [1.29, 1.82) is 0 Å². The standard InChI is InChI=1S/C16H24N2OS/c17-14(10-12-4-2-1-3-5-12)16(19)18-8-6-15-13(11-18)7-9-20-15/h7,9,12,14H,1-6,8,10-11,17H2. The number of fused-ring (bicyclic) bond motifs is 1. The summed E-state index contributed by atoms with van der Waals surface area (Å²) in [6, 6.07) is 1.85. The lowest BCUT2D eigenvalue weighted by molar-refractivity contribution is -0.134. The highest BCUT2D eigenvalue weighted by Gasteiger charge is 2.27. The van der Waals surface area contributed by atoms with Crippen LogP contribution in [-0.4, -0.2) is 23.4 Å². The summed E-state index contributed by atoms with van der Waals surface area (Å²) in [5, 5.41) is 2.13. The Kier molecular flexibility index (Phi) is 4.41. The number of amides is 1. The van der Waals surface area contributed by atoms with Gasteiger partial charge in [0.25, 0.3) is 0 Å². The quantitative estimate of drug-likeness (QED) is 0.931. The van der Waals surface area contributed by atoms with Crippen LogP contribution in [0.4, 0.5) is 0 Å². The molecule has 0 aromatic carbocycles. The van der Waals surface area contributed by atoms with Gasteiger partial charge in [-0.1, -0.05) is 32.1 Å². The Balaban J connectivity index is 1.55. The number of hydrogen-bond donors (Lipinski definition) is 1. The summed E-state index contributed by atoms with van der Waals surface area (Å²) in [6.45, 7) is 1.60. The van der Waals surface area contributed by atoms with Gasteiger partial charge in [-0.05, 0) is 35.8 Å². The zero-order chi connectivity index (χ0) is 13.9. The van der Waals surface area contributed by atoms with Crippen molar-refractivity contribution >= 4 is 17.2 Å². The van der Waals surface area contributed by atoms with Crippen LogP contribution in [0.15, 0.2) is 11.4 Å². The van der Waals surface area contributed by atoms with E-state index in [1.54, 1.807) is 11.3 Å². The smallest absolute Gasteiger partial charge is 0.239 e. The van der Waals surface area contributed by atoms with Crippen LogP contribution < -0.4 is 5.73 Å². The molecule has 1 aromatic heterocycles. The average Bonchev–Trinajstić information content (AvgIpc) is 2.94. The summed E-state index contributed by atoms with van der Waals surface area (Å²) in [4.78, 5) is 15.9. The highest BCUT2D eigenvalue weighted by Crippen LogP contribution is 2.28. The largest absolute Gasteiger partial charge is 0.337 e. The maximum Gasteiger partial charge on any atom is 0.239 e. The first-order valence-corrected chi connectivity index (χ1v) is 8.71. The first kappa shape index (κ1) is 14.1. The third-order valence-electron chi connectivity index (χ3n) is 4.75. The molecule has 110 valence electrons. The van der Waals surface area contributed by atoms with Crippen molar-refractivity contribution in [2.45, 2.75) is 57.5 Å². The first-order chi connectivity index (χ1) is 9.74. The van der Waals surface area contributed by atoms with Crippen LogP contribution in [0.25, 0.3) is 0 Å². The van der Waals surface area contributed by atoms with Gasteiger partial charge in [0.05, 0.1) is 6.04 Å². The molecule has 0 bridgehead atoms. The third kappa shape index (κ3) is 3.07. The van der Waals surface area contributed by atoms with Gasteiger partial charge in [-0.2, -0.15) is 0 Å². The molecule has 1 amide bonds. The Hall–Kier alpha value is -0.870. The van der Waals surface area contributed by atoms with E-state index in [0.717, 1.165) is 25.9 Å². The topological polar surface area (TPSA) is 46.3 Å². The molecule has 1 fully saturated rings. The molecule has 4 heteroatoms. The molecule has 1 aromatic rings. The Bertz CT molecular complexity index is 465. The second-order valence-corrected chi connectivity index (χ2v) is 7.23. The molecular formula is C16H24N2OS. The van der Waals surface area contributed by atoms with Crippen LogP contribution >= 0.6 is 11.3 Å². The van der Waals surface area contributed by atoms with Gasteiger partial charge >= 0.3 is 0 Å². The van der Waals surface area contributed by atoms with Crippen LogP contribution in [0.1, 0.15) is 49.0 Å². The fourth-order valence-electron chi connectivity index (χ4n) is 3.55. The van der Waals surface area contributed by atoms with Crippen molar-refractivity contribution in [1.82, 2.24) is 4.90 Å². The van der Waals surface area contributed by atoms with Gasteiger partial charge in [0.2, 0.25) is 5.91 Å². The maximum atomic E-state index is 12.5. The lowest BCUT2D eigenvalue weighted by Crippen LogP contribution is -2.46. The third-order valence-corrected chi connectivity index (χ3v) is 5.77. The first-order valence-electron chi connectivity index (χ1n) is 7.83. The maximum absolute atomic E-state index is 12.5. The molecule has 1 aliphatic heterocycles. The van der Waals surface area contributed by atoms with E-state index in [-0.39, 0.29) is 11.9 Å². The predicted molar refractivity (Wildman–Crippen MR) is 82.6 cm³/mol. The van der Waals surface area contributed by atoms with E-state index in [4.69, 9.17) is 5.73 Å². The van der Waals surface area contributed by atoms with Crippen LogP contribution in [0.2, 0.25) is 0 Å². The van der Waals surface area contributed by atoms with Gasteiger partial charge in [-0.15, -0.1) is 11.3 Å². The highest BCUT2D eigenvalue weighted by molar-refractivity contribution is 7.10. The van der Waals surface area contributed by atoms with Crippen LogP contribution in [0.5, 0.6) is 0 Å². The van der Waals surface area contributed by atoms with E-state index in [2.05, 4.69) is 11.4 Å². The van der Waals surface area contributed by atoms with E-state index in [0.29, 0.717) is 5.92 Å². The van der Waals surface area contributed by atoms with Crippen LogP contribution in [0, 0.1) is 5.92 Å². The molecule has 3 rings (SSSR count). The summed E-state index contributed by atoms with van der Waals surface area (Å²) >= 11 is 1.81. The van der Waals surface area contributed by atoms with Crippen LogP contribution in [-0.2, 0) is 17.8 Å². The number of thiophene rings is 1. The molecular weight excluding hydrogens is 268 g/mol. The molecule has 2 aliphatic rings. The van der Waals surface area contributed by atoms with Crippen molar-refractivity contribution in [2.75, 3.05) is 6.54 Å². The number of nitrogens with zero attached hydrogens (tertiary/aromatic N) is 1. The highest BCUT2D eigenvalue weighted by atomic mass is 32.1. The number of carbonyl (C=O) groups is 1. The normalized spacial score (nSPS) is 21.6. The van der Waals surface area contributed by atoms with E-state index in [9.17, 15) is 4.79 Å². The molecule has 20 heavy (non-hydrogen) atoms. The number of nitrogens with two attached hydrogens (primary N) is 1. The van der Waals surface area contributed by atoms with E-state index in [1.165, 1.54) is 42.5 Å². The molecule has 0 spiro atoms. The zero-order valence-electron chi connectivity index (χ0n) is 12.0. The second-order valence-electron chi connectivity index (χ2n) is 6.23. The average molecular weight is 292 g/mol. The SMILES string of the molecule is NC(CC1CCCCC1)C(=O)N1CCc2sccc2C1. The minimum absolute atomic E-state index is 0.160. The Morgan fingerprint density at radius 3 is 3.00 bits per heavy atom. The summed E-state index contributed by atoms with van der Waals surface area (Å²) < 4.78 is 0. The van der Waals surface area contributed by atoms with Crippen molar-refractivity contribution in [3.8, 4) is 0 Å². The van der Waals surface area contributed by atoms with Gasteiger partial charge in [0, 0.05) is 18.0 Å². The molecule has 1 aliphatic carbocycles. The fraction of sp³-hybridized carbons (Fsp3) is 0.688. The Morgan fingerprint density at radius 1 is 1.40 bits per heavy atom. The molecule has 0 saturated heterocycles. The lowest BCUT2D eigenvalue weighted by Gasteiger charge is -2.31. The molecule has 1 saturated carbocycles. The lowest BCUT2D eigenvalue weighted by atomic mass is 9.84. The van der Waals surface area contributed by atoms with Crippen molar-refractivity contribution in [2.24, 2.45) is 11.7 Å². The van der Waals surface area contributed by atoms with Gasteiger partial charge in [0.1, 0.15) is 0 Å². The molecule has 1 atom stereocenters. The minimum Gasteiger partial charge on any atom is -0.337 e. The van der Waals surface area contributed by atoms with Gasteiger partial charge in [0.15, 0.2) is 0 Å². The van der Waals surface area contributed by atoms with Crippen molar-refractivity contribution < 1.29 is 4.79 Å². The number of rotatable bonds is 3. The van der Waals surface area contributed by atoms with E-state index < -0.39 is 0 Å². The number of hydrogen-bond acceptors (Lipinski definition) is 3. The second kappa shape index (κ2) is 6.27. The van der Waals surface area contributed by atoms with Crippen LogP contribution in [0.3, 0.4) is 0 Å². The molecule has 2 N–H and O–H groups in total. The van der Waals surface area contributed by atoms with E-state index >= 15 is 0 Å². The molecule has 1 unspecified atom stereocenters. The van der Waals surface area contributed by atoms with Gasteiger partial charge in [-0.25, -0.2) is 0 Å². The summed E-state index contributed by atoms with van der Waals surface area (Å²) in [7, 11) is 0. The zero-order valence-corrected chi connectivity index (χ0v) is 12.8. The predicted octanol–water partition coefficient (Wildman–Crippen LogP) is 2.93. The molecule has 0 radical (unpaired) electrons. The molecule has 2 heterocycles. The van der Waals surface area contributed by atoms with Gasteiger partial charge in [-0.3, -0.25) is 4.79 Å². The molecule has 3 nitrogen and oxygen atoms in total. The van der Waals surface area contributed by atoms with Crippen molar-refractivity contribution in [3.05, 3.63) is 21.9 Å². The summed E-state index contributed by atoms with van der Waals surface area (Å²) in [5.74, 6) is 0.830. The van der Waals surface area contributed by atoms with E-state index in [1.807, 2.05) is 4.90 Å². The summed E-state index contributed by atoms with van der Waals surface area (Å²) in [5.41, 5.74) is 7.50. The monoisotopic (exact) mass is 292 g/mol. The Labute approximate surface area is 125 Å². The number of carbonyl (C=O) groups excluding carboxylic acids is 1. The fourth-order valence-corrected chi connectivity index (χ4v) is 4.44. The van der Waals surface area contributed by atoms with Crippen molar-refractivity contribution in [3.63, 3.8) is 0 Å². The summed E-state index contributed by atoms with van der Waals surface area (Å²) in [6.07, 6.45) is 8.37. The Morgan fingerprint density at radius 2 is 2.20 bits per heavy atom. The minimum atomic E-state index is -0.293.